The fourth-order valence-electron chi connectivity index (χ4n) is 3.85. The molecule has 0 spiro atoms. The molecule has 0 unspecified atom stereocenters. The third-order valence-electron chi connectivity index (χ3n) is 5.10. The molecule has 1 aromatic carbocycles. The molecule has 0 amide bonds. The van der Waals surface area contributed by atoms with Gasteiger partial charge in [-0.25, -0.2) is 4.98 Å². The molecule has 3 heterocycles. The zero-order chi connectivity index (χ0) is 17.4. The molecule has 4 rings (SSSR count). The zero-order valence-electron chi connectivity index (χ0n) is 14.8. The molecule has 2 N–H and O–H groups in total. The zero-order valence-corrected chi connectivity index (χ0v) is 15.6. The van der Waals surface area contributed by atoms with E-state index < -0.39 is 0 Å². The molecule has 2 aromatic heterocycles. The summed E-state index contributed by atoms with van der Waals surface area (Å²) in [5.41, 5.74) is 2.53. The highest BCUT2D eigenvalue weighted by Gasteiger charge is 2.33. The molecular weight excluding hydrogens is 332 g/mol. The third kappa shape index (κ3) is 3.04. The molecule has 5 nitrogen and oxygen atoms in total. The number of hydrogen-bond donors (Lipinski definition) is 2. The summed E-state index contributed by atoms with van der Waals surface area (Å²) >= 11 is 1.58. The van der Waals surface area contributed by atoms with Crippen LogP contribution >= 0.6 is 11.3 Å². The van der Waals surface area contributed by atoms with Crippen LogP contribution in [0.15, 0.2) is 24.3 Å². The maximum Gasteiger partial charge on any atom is 0.235 e. The fraction of sp³-hybridized carbons (Fsp3) is 0.474. The van der Waals surface area contributed by atoms with Gasteiger partial charge in [-0.2, -0.15) is 4.52 Å². The molecule has 0 bridgehead atoms. The van der Waals surface area contributed by atoms with Crippen molar-refractivity contribution in [3.63, 3.8) is 0 Å². The SMILES string of the molecule is CCc1nc2sc([C@@H](c3cccc(C)c3)[NH+]3CCCCC3)c(O)n2n1. The number of nitrogens with zero attached hydrogens (tertiary/aromatic N) is 3. The van der Waals surface area contributed by atoms with E-state index in [2.05, 4.69) is 41.3 Å². The first kappa shape index (κ1) is 16.5. The van der Waals surface area contributed by atoms with Crippen molar-refractivity contribution < 1.29 is 10.0 Å². The first-order valence-electron chi connectivity index (χ1n) is 9.16. The highest BCUT2D eigenvalue weighted by molar-refractivity contribution is 7.17. The molecule has 1 fully saturated rings. The number of aromatic hydroxyl groups is 1. The molecule has 25 heavy (non-hydrogen) atoms. The van der Waals surface area contributed by atoms with Crippen LogP contribution in [0.25, 0.3) is 4.96 Å². The summed E-state index contributed by atoms with van der Waals surface area (Å²) in [5, 5.41) is 15.3. The van der Waals surface area contributed by atoms with Gasteiger partial charge in [0.05, 0.1) is 13.1 Å². The average Bonchev–Trinajstić information content (AvgIpc) is 3.16. The minimum Gasteiger partial charge on any atom is -0.492 e. The molecule has 0 radical (unpaired) electrons. The number of nitrogens with one attached hydrogen (secondary N) is 1. The van der Waals surface area contributed by atoms with Crippen molar-refractivity contribution in [1.82, 2.24) is 14.6 Å². The van der Waals surface area contributed by atoms with E-state index >= 15 is 0 Å². The maximum atomic E-state index is 10.9. The van der Waals surface area contributed by atoms with Crippen LogP contribution < -0.4 is 4.90 Å². The van der Waals surface area contributed by atoms with Crippen LogP contribution in [0.1, 0.15) is 54.1 Å². The number of aromatic nitrogens is 3. The molecule has 0 saturated carbocycles. The van der Waals surface area contributed by atoms with Crippen molar-refractivity contribution >= 4 is 16.3 Å². The topological polar surface area (TPSA) is 54.9 Å². The predicted octanol–water partition coefficient (Wildman–Crippen LogP) is 2.53. The number of hydrogen-bond acceptors (Lipinski definition) is 4. The van der Waals surface area contributed by atoms with E-state index in [1.54, 1.807) is 15.9 Å². The second kappa shape index (κ2) is 6.77. The second-order valence-corrected chi connectivity index (χ2v) is 7.94. The molecule has 132 valence electrons. The first-order chi connectivity index (χ1) is 12.2. The van der Waals surface area contributed by atoms with Crippen LogP contribution in [0.5, 0.6) is 5.88 Å². The van der Waals surface area contributed by atoms with E-state index in [0.717, 1.165) is 35.2 Å². The second-order valence-electron chi connectivity index (χ2n) is 6.93. The standard InChI is InChI=1S/C19H24N4OS/c1-3-15-20-19-23(21-15)18(24)17(25-19)16(22-10-5-4-6-11-22)14-9-7-8-13(2)12-14/h7-9,12,16,24H,3-6,10-11H2,1-2H3/p+1/t16-/m1/s1. The molecular formula is C19H25N4OS+. The molecule has 1 aliphatic heterocycles. The lowest BCUT2D eigenvalue weighted by Crippen LogP contribution is -3.13. The van der Waals surface area contributed by atoms with Gasteiger partial charge in [0.1, 0.15) is 4.88 Å². The molecule has 1 aliphatic rings. The van der Waals surface area contributed by atoms with Crippen molar-refractivity contribution in [1.29, 1.82) is 0 Å². The van der Waals surface area contributed by atoms with Gasteiger partial charge in [-0.3, -0.25) is 0 Å². The van der Waals surface area contributed by atoms with Crippen LogP contribution in [0.2, 0.25) is 0 Å². The van der Waals surface area contributed by atoms with Crippen molar-refractivity contribution in [3.8, 4) is 5.88 Å². The van der Waals surface area contributed by atoms with Gasteiger partial charge >= 0.3 is 0 Å². The Bertz CT molecular complexity index is 879. The monoisotopic (exact) mass is 357 g/mol. The van der Waals surface area contributed by atoms with Crippen LogP contribution in [-0.4, -0.2) is 32.8 Å². The van der Waals surface area contributed by atoms with Crippen LogP contribution in [0.3, 0.4) is 0 Å². The van der Waals surface area contributed by atoms with E-state index in [9.17, 15) is 5.11 Å². The molecule has 3 aromatic rings. The summed E-state index contributed by atoms with van der Waals surface area (Å²) in [7, 11) is 0. The largest absolute Gasteiger partial charge is 0.492 e. The number of fused-ring (bicyclic) bond motifs is 1. The summed E-state index contributed by atoms with van der Waals surface area (Å²) in [4.78, 5) is 7.86. The smallest absolute Gasteiger partial charge is 0.235 e. The summed E-state index contributed by atoms with van der Waals surface area (Å²) in [6, 6.07) is 8.83. The Labute approximate surface area is 151 Å². The maximum absolute atomic E-state index is 10.9. The van der Waals surface area contributed by atoms with Gasteiger partial charge < -0.3 is 10.0 Å². The number of quaternary nitrogens is 1. The number of thiazole rings is 1. The minimum atomic E-state index is 0.152. The van der Waals surface area contributed by atoms with Gasteiger partial charge in [-0.05, 0) is 32.3 Å². The number of rotatable bonds is 4. The summed E-state index contributed by atoms with van der Waals surface area (Å²) in [6.07, 6.45) is 4.59. The van der Waals surface area contributed by atoms with E-state index in [4.69, 9.17) is 0 Å². The van der Waals surface area contributed by atoms with Gasteiger partial charge in [-0.15, -0.1) is 5.10 Å². The normalized spacial score (nSPS) is 17.2. The minimum absolute atomic E-state index is 0.152. The molecule has 6 heteroatoms. The Hall–Kier alpha value is -1.92. The molecule has 1 saturated heterocycles. The van der Waals surface area contributed by atoms with Gasteiger partial charge in [0.2, 0.25) is 10.8 Å². The highest BCUT2D eigenvalue weighted by Crippen LogP contribution is 2.35. The van der Waals surface area contributed by atoms with Gasteiger partial charge in [0.25, 0.3) is 0 Å². The van der Waals surface area contributed by atoms with Crippen LogP contribution in [-0.2, 0) is 6.42 Å². The number of aryl methyl sites for hydroxylation is 2. The van der Waals surface area contributed by atoms with E-state index in [0.29, 0.717) is 0 Å². The molecule has 1 atom stereocenters. The van der Waals surface area contributed by atoms with Gasteiger partial charge in [0, 0.05) is 12.0 Å². The lowest BCUT2D eigenvalue weighted by atomic mass is 9.99. The van der Waals surface area contributed by atoms with Crippen LogP contribution in [0, 0.1) is 6.92 Å². The van der Waals surface area contributed by atoms with Crippen LogP contribution in [0.4, 0.5) is 0 Å². The van der Waals surface area contributed by atoms with Gasteiger partial charge in [-0.1, -0.05) is 42.0 Å². The van der Waals surface area contributed by atoms with Gasteiger partial charge in [0.15, 0.2) is 11.9 Å². The van der Waals surface area contributed by atoms with Crippen molar-refractivity contribution in [2.75, 3.05) is 13.1 Å². The highest BCUT2D eigenvalue weighted by atomic mass is 32.1. The number of likely N-dealkylation sites (tertiary alicyclic amines) is 1. The van der Waals surface area contributed by atoms with E-state index in [1.807, 2.05) is 6.92 Å². The summed E-state index contributed by atoms with van der Waals surface area (Å²) in [6.45, 7) is 6.45. The Morgan fingerprint density at radius 2 is 2.08 bits per heavy atom. The quantitative estimate of drug-likeness (QED) is 0.754. The van der Waals surface area contributed by atoms with Crippen molar-refractivity contribution in [2.45, 2.75) is 45.6 Å². The average molecular weight is 358 g/mol. The predicted molar refractivity (Wildman–Crippen MR) is 99.5 cm³/mol. The van der Waals surface area contributed by atoms with E-state index in [1.165, 1.54) is 35.3 Å². The lowest BCUT2D eigenvalue weighted by Gasteiger charge is -2.31. The lowest BCUT2D eigenvalue weighted by molar-refractivity contribution is -0.929. The fourth-order valence-corrected chi connectivity index (χ4v) is 5.01. The Morgan fingerprint density at radius 1 is 1.28 bits per heavy atom. The Balaban J connectivity index is 1.82. The molecule has 0 aliphatic carbocycles. The Kier molecular flexibility index (Phi) is 4.48. The Morgan fingerprint density at radius 3 is 2.76 bits per heavy atom. The first-order valence-corrected chi connectivity index (χ1v) is 9.97. The van der Waals surface area contributed by atoms with E-state index in [-0.39, 0.29) is 11.9 Å². The number of piperidine rings is 1. The summed E-state index contributed by atoms with van der Waals surface area (Å²) < 4.78 is 1.62. The summed E-state index contributed by atoms with van der Waals surface area (Å²) in [5.74, 6) is 1.04. The number of benzene rings is 1. The van der Waals surface area contributed by atoms with Crippen molar-refractivity contribution in [2.24, 2.45) is 0 Å². The van der Waals surface area contributed by atoms with Crippen molar-refractivity contribution in [3.05, 3.63) is 46.1 Å². The third-order valence-corrected chi connectivity index (χ3v) is 6.19.